The summed E-state index contributed by atoms with van der Waals surface area (Å²) in [5, 5.41) is 0. The summed E-state index contributed by atoms with van der Waals surface area (Å²) in [7, 11) is -0.443. The maximum absolute atomic E-state index is 11.0. The zero-order valence-corrected chi connectivity index (χ0v) is 13.9. The highest BCUT2D eigenvalue weighted by molar-refractivity contribution is 6.62. The fourth-order valence-corrected chi connectivity index (χ4v) is 2.52. The molecule has 3 rings (SSSR count). The van der Waals surface area contributed by atoms with Crippen molar-refractivity contribution >= 4 is 18.9 Å². The van der Waals surface area contributed by atoms with Gasteiger partial charge in [0.1, 0.15) is 6.29 Å². The number of hydrogen-bond donors (Lipinski definition) is 0. The van der Waals surface area contributed by atoms with Crippen LogP contribution in [0.15, 0.2) is 42.7 Å². The van der Waals surface area contributed by atoms with E-state index in [4.69, 9.17) is 9.31 Å². The van der Waals surface area contributed by atoms with Crippen LogP contribution in [0.25, 0.3) is 11.1 Å². The van der Waals surface area contributed by atoms with Crippen molar-refractivity contribution in [1.29, 1.82) is 0 Å². The molecule has 2 aromatic rings. The summed E-state index contributed by atoms with van der Waals surface area (Å²) in [6.07, 6.45) is 4.38. The average Bonchev–Trinajstić information content (AvgIpc) is 2.76. The van der Waals surface area contributed by atoms with E-state index >= 15 is 0 Å². The molecule has 4 nitrogen and oxygen atoms in total. The van der Waals surface area contributed by atoms with Crippen LogP contribution in [0.3, 0.4) is 0 Å². The van der Waals surface area contributed by atoms with Crippen LogP contribution in [0.4, 0.5) is 0 Å². The van der Waals surface area contributed by atoms with Gasteiger partial charge >= 0.3 is 7.12 Å². The maximum Gasteiger partial charge on any atom is 0.496 e. The van der Waals surface area contributed by atoms with Gasteiger partial charge in [0.2, 0.25) is 0 Å². The molecule has 1 saturated heterocycles. The lowest BCUT2D eigenvalue weighted by Crippen LogP contribution is -2.41. The molecular weight excluding hydrogens is 289 g/mol. The average molecular weight is 309 g/mol. The van der Waals surface area contributed by atoms with Gasteiger partial charge in [-0.15, -0.1) is 0 Å². The second-order valence-electron chi connectivity index (χ2n) is 6.84. The zero-order chi connectivity index (χ0) is 16.7. The molecule has 2 heterocycles. The Morgan fingerprint density at radius 1 is 1.00 bits per heavy atom. The molecule has 5 heteroatoms. The zero-order valence-electron chi connectivity index (χ0n) is 13.9. The van der Waals surface area contributed by atoms with Gasteiger partial charge in [0.25, 0.3) is 0 Å². The van der Waals surface area contributed by atoms with E-state index in [1.54, 1.807) is 18.5 Å². The van der Waals surface area contributed by atoms with Gasteiger partial charge in [-0.3, -0.25) is 9.78 Å². The number of aldehydes is 1. The van der Waals surface area contributed by atoms with Crippen LogP contribution in [-0.4, -0.2) is 29.6 Å². The van der Waals surface area contributed by atoms with E-state index in [2.05, 4.69) is 4.98 Å². The molecule has 1 aliphatic heterocycles. The highest BCUT2D eigenvalue weighted by Crippen LogP contribution is 2.36. The molecule has 1 aromatic heterocycles. The largest absolute Gasteiger partial charge is 0.496 e. The first-order valence-corrected chi connectivity index (χ1v) is 7.69. The van der Waals surface area contributed by atoms with Gasteiger partial charge in [-0.1, -0.05) is 24.3 Å². The number of hydrogen-bond acceptors (Lipinski definition) is 4. The van der Waals surface area contributed by atoms with Crippen LogP contribution in [0, 0.1) is 0 Å². The minimum absolute atomic E-state index is 0.384. The molecule has 0 saturated carbocycles. The Bertz CT molecular complexity index is 727. The van der Waals surface area contributed by atoms with Crippen LogP contribution in [0.2, 0.25) is 0 Å². The lowest BCUT2D eigenvalue weighted by atomic mass is 9.79. The third-order valence-corrected chi connectivity index (χ3v) is 4.64. The molecule has 0 N–H and O–H groups in total. The first-order chi connectivity index (χ1) is 10.8. The molecule has 0 bridgehead atoms. The van der Waals surface area contributed by atoms with Crippen molar-refractivity contribution in [1.82, 2.24) is 4.98 Å². The van der Waals surface area contributed by atoms with Crippen LogP contribution in [0.1, 0.15) is 38.1 Å². The van der Waals surface area contributed by atoms with Crippen molar-refractivity contribution < 1.29 is 14.1 Å². The minimum atomic E-state index is -0.443. The number of carbonyl (C=O) groups is 1. The Balaban J connectivity index is 1.93. The number of carbonyl (C=O) groups excluding carboxylic acids is 1. The molecule has 23 heavy (non-hydrogen) atoms. The highest BCUT2D eigenvalue weighted by atomic mass is 16.7. The van der Waals surface area contributed by atoms with Crippen molar-refractivity contribution in [3.63, 3.8) is 0 Å². The summed E-state index contributed by atoms with van der Waals surface area (Å²) in [6, 6.07) is 9.44. The van der Waals surface area contributed by atoms with Crippen LogP contribution in [-0.2, 0) is 9.31 Å². The Kier molecular flexibility index (Phi) is 3.86. The fourth-order valence-electron chi connectivity index (χ4n) is 2.52. The van der Waals surface area contributed by atoms with E-state index in [1.165, 1.54) is 0 Å². The quantitative estimate of drug-likeness (QED) is 0.646. The van der Waals surface area contributed by atoms with Crippen LogP contribution >= 0.6 is 0 Å². The second kappa shape index (κ2) is 5.58. The smallest absolute Gasteiger partial charge is 0.399 e. The Morgan fingerprint density at radius 3 is 2.35 bits per heavy atom. The molecule has 1 aliphatic rings. The Labute approximate surface area is 137 Å². The summed E-state index contributed by atoms with van der Waals surface area (Å²) in [4.78, 5) is 15.3. The van der Waals surface area contributed by atoms with Gasteiger partial charge in [-0.05, 0) is 44.9 Å². The molecule has 0 amide bonds. The molecule has 1 aromatic carbocycles. The SMILES string of the molecule is CC1(C)OB(c2cncc(-c3cccc(C=O)c3)c2)OC1(C)C. The summed E-state index contributed by atoms with van der Waals surface area (Å²) in [6.45, 7) is 8.10. The number of nitrogens with zero attached hydrogens (tertiary/aromatic N) is 1. The lowest BCUT2D eigenvalue weighted by molar-refractivity contribution is 0.00578. The van der Waals surface area contributed by atoms with Crippen molar-refractivity contribution in [2.75, 3.05) is 0 Å². The second-order valence-corrected chi connectivity index (χ2v) is 6.84. The molecule has 0 unspecified atom stereocenters. The van der Waals surface area contributed by atoms with Crippen LogP contribution in [0.5, 0.6) is 0 Å². The number of rotatable bonds is 3. The first kappa shape index (κ1) is 15.9. The van der Waals surface area contributed by atoms with E-state index in [1.807, 2.05) is 52.0 Å². The molecular formula is C18H20BNO3. The summed E-state index contributed by atoms with van der Waals surface area (Å²) >= 11 is 0. The van der Waals surface area contributed by atoms with E-state index in [0.29, 0.717) is 5.56 Å². The van der Waals surface area contributed by atoms with Crippen molar-refractivity contribution in [2.45, 2.75) is 38.9 Å². The predicted octanol–water partition coefficient (Wildman–Crippen LogP) is 2.86. The van der Waals surface area contributed by atoms with Gasteiger partial charge in [0.15, 0.2) is 0 Å². The monoisotopic (exact) mass is 309 g/mol. The van der Waals surface area contributed by atoms with E-state index in [-0.39, 0.29) is 11.2 Å². The van der Waals surface area contributed by atoms with E-state index in [9.17, 15) is 4.79 Å². The third kappa shape index (κ3) is 2.94. The van der Waals surface area contributed by atoms with Gasteiger partial charge in [-0.2, -0.15) is 0 Å². The maximum atomic E-state index is 11.0. The fraction of sp³-hybridized carbons (Fsp3) is 0.333. The van der Waals surface area contributed by atoms with Crippen molar-refractivity contribution in [3.8, 4) is 11.1 Å². The van der Waals surface area contributed by atoms with Gasteiger partial charge in [0.05, 0.1) is 11.2 Å². The molecule has 0 aliphatic carbocycles. The summed E-state index contributed by atoms with van der Waals surface area (Å²) in [5.41, 5.74) is 2.62. The molecule has 1 fully saturated rings. The van der Waals surface area contributed by atoms with Crippen LogP contribution < -0.4 is 5.46 Å². The lowest BCUT2D eigenvalue weighted by Gasteiger charge is -2.32. The van der Waals surface area contributed by atoms with Gasteiger partial charge in [-0.25, -0.2) is 0 Å². The third-order valence-electron chi connectivity index (χ3n) is 4.64. The van der Waals surface area contributed by atoms with Gasteiger partial charge in [0, 0.05) is 23.4 Å². The van der Waals surface area contributed by atoms with Crippen molar-refractivity contribution in [3.05, 3.63) is 48.3 Å². The summed E-state index contributed by atoms with van der Waals surface area (Å²) in [5.74, 6) is 0. The normalized spacial score (nSPS) is 18.9. The topological polar surface area (TPSA) is 48.4 Å². The summed E-state index contributed by atoms with van der Waals surface area (Å²) < 4.78 is 12.1. The molecule has 0 atom stereocenters. The number of aromatic nitrogens is 1. The van der Waals surface area contributed by atoms with Gasteiger partial charge < -0.3 is 9.31 Å². The number of benzene rings is 1. The minimum Gasteiger partial charge on any atom is -0.399 e. The predicted molar refractivity (Wildman–Crippen MR) is 90.8 cm³/mol. The van der Waals surface area contributed by atoms with E-state index in [0.717, 1.165) is 22.9 Å². The molecule has 118 valence electrons. The van der Waals surface area contributed by atoms with E-state index < -0.39 is 7.12 Å². The molecule has 0 spiro atoms. The van der Waals surface area contributed by atoms with Crippen molar-refractivity contribution in [2.24, 2.45) is 0 Å². The molecule has 0 radical (unpaired) electrons. The Morgan fingerprint density at radius 2 is 1.70 bits per heavy atom. The standard InChI is InChI=1S/C18H20BNO3/c1-17(2)18(3,4)23-19(22-17)16-9-15(10-20-11-16)14-7-5-6-13(8-14)12-21/h5-12H,1-4H3. The highest BCUT2D eigenvalue weighted by Gasteiger charge is 2.51. The Hall–Kier alpha value is -1.98. The number of pyridine rings is 1. The first-order valence-electron chi connectivity index (χ1n) is 7.69.